The van der Waals surface area contributed by atoms with Crippen molar-refractivity contribution in [1.82, 2.24) is 0 Å². The molecule has 0 amide bonds. The minimum Gasteiger partial charge on any atom is -0.481 e. The predicted octanol–water partition coefficient (Wildman–Crippen LogP) is 3.43. The number of aliphatic hydroxyl groups is 1. The summed E-state index contributed by atoms with van der Waals surface area (Å²) < 4.78 is 0.984. The number of carboxylic acid groups (broad SMARTS) is 1. The Bertz CT molecular complexity index is 590. The first-order chi connectivity index (χ1) is 10.1. The summed E-state index contributed by atoms with van der Waals surface area (Å²) in [4.78, 5) is 11.4. The van der Waals surface area contributed by atoms with Crippen molar-refractivity contribution in [2.75, 3.05) is 0 Å². The van der Waals surface area contributed by atoms with Crippen LogP contribution >= 0.6 is 15.9 Å². The van der Waals surface area contributed by atoms with Gasteiger partial charge in [0, 0.05) is 4.47 Å². The second kappa shape index (κ2) is 7.38. The molecule has 0 aliphatic rings. The van der Waals surface area contributed by atoms with Crippen LogP contribution in [0.2, 0.25) is 0 Å². The van der Waals surface area contributed by atoms with Crippen molar-refractivity contribution < 1.29 is 15.0 Å². The second-order valence-corrected chi connectivity index (χ2v) is 5.96. The molecule has 2 rings (SSSR count). The van der Waals surface area contributed by atoms with E-state index in [0.29, 0.717) is 12.8 Å². The zero-order valence-corrected chi connectivity index (χ0v) is 13.1. The fourth-order valence-electron chi connectivity index (χ4n) is 2.22. The van der Waals surface area contributed by atoms with Crippen molar-refractivity contribution in [3.8, 4) is 0 Å². The van der Waals surface area contributed by atoms with E-state index < -0.39 is 11.9 Å². The molecule has 3 nitrogen and oxygen atoms in total. The predicted molar refractivity (Wildman–Crippen MR) is 85.0 cm³/mol. The van der Waals surface area contributed by atoms with Gasteiger partial charge in [-0.2, -0.15) is 0 Å². The van der Waals surface area contributed by atoms with E-state index >= 15 is 0 Å². The van der Waals surface area contributed by atoms with E-state index in [4.69, 9.17) is 5.11 Å². The van der Waals surface area contributed by atoms with Crippen LogP contribution in [0, 0.1) is 5.92 Å². The molecule has 21 heavy (non-hydrogen) atoms. The molecule has 0 aromatic heterocycles. The van der Waals surface area contributed by atoms with Crippen LogP contribution in [-0.4, -0.2) is 16.2 Å². The van der Waals surface area contributed by atoms with Crippen LogP contribution in [0.1, 0.15) is 16.7 Å². The number of aliphatic hydroxyl groups excluding tert-OH is 1. The van der Waals surface area contributed by atoms with Crippen LogP contribution in [0.5, 0.6) is 0 Å². The largest absolute Gasteiger partial charge is 0.481 e. The van der Waals surface area contributed by atoms with Crippen molar-refractivity contribution in [3.63, 3.8) is 0 Å². The number of aliphatic carboxylic acids is 1. The van der Waals surface area contributed by atoms with Gasteiger partial charge in [-0.25, -0.2) is 0 Å². The lowest BCUT2D eigenvalue weighted by Gasteiger charge is -2.13. The molecule has 0 aliphatic heterocycles. The monoisotopic (exact) mass is 348 g/mol. The normalized spacial score (nSPS) is 12.1. The van der Waals surface area contributed by atoms with Crippen LogP contribution in [-0.2, 0) is 24.2 Å². The molecule has 1 unspecified atom stereocenters. The number of rotatable bonds is 6. The molecule has 0 saturated carbocycles. The Kier molecular flexibility index (Phi) is 5.53. The van der Waals surface area contributed by atoms with Crippen LogP contribution in [0.4, 0.5) is 0 Å². The topological polar surface area (TPSA) is 57.5 Å². The average Bonchev–Trinajstić information content (AvgIpc) is 2.49. The molecule has 2 aromatic rings. The maximum Gasteiger partial charge on any atom is 0.307 e. The van der Waals surface area contributed by atoms with Gasteiger partial charge in [0.05, 0.1) is 12.5 Å². The van der Waals surface area contributed by atoms with Crippen molar-refractivity contribution >= 4 is 21.9 Å². The maximum atomic E-state index is 11.4. The number of hydrogen-bond donors (Lipinski definition) is 2. The Morgan fingerprint density at radius 2 is 1.33 bits per heavy atom. The fraction of sp³-hybridized carbons (Fsp3) is 0.235. The van der Waals surface area contributed by atoms with Gasteiger partial charge >= 0.3 is 5.97 Å². The van der Waals surface area contributed by atoms with E-state index in [1.807, 2.05) is 48.5 Å². The molecular formula is C17H17BrO3. The van der Waals surface area contributed by atoms with Gasteiger partial charge in [0.25, 0.3) is 0 Å². The lowest BCUT2D eigenvalue weighted by atomic mass is 9.92. The molecule has 0 spiro atoms. The van der Waals surface area contributed by atoms with Gasteiger partial charge in [0.15, 0.2) is 0 Å². The maximum absolute atomic E-state index is 11.4. The highest BCUT2D eigenvalue weighted by Crippen LogP contribution is 2.18. The standard InChI is InChI=1S/C17H17BrO3/c18-16-7-5-13(6-8-16)10-15(17(20)21)9-12-1-3-14(11-19)4-2-12/h1-8,15,19H,9-11H2,(H,20,21). The molecule has 110 valence electrons. The molecule has 1 atom stereocenters. The van der Waals surface area contributed by atoms with Crippen LogP contribution in [0.15, 0.2) is 53.0 Å². The lowest BCUT2D eigenvalue weighted by molar-refractivity contribution is -0.141. The third-order valence-electron chi connectivity index (χ3n) is 3.43. The number of halogens is 1. The van der Waals surface area contributed by atoms with Gasteiger partial charge < -0.3 is 10.2 Å². The minimum absolute atomic E-state index is 0.00152. The van der Waals surface area contributed by atoms with Gasteiger partial charge in [-0.3, -0.25) is 4.79 Å². The van der Waals surface area contributed by atoms with E-state index in [1.165, 1.54) is 0 Å². The van der Waals surface area contributed by atoms with Crippen LogP contribution in [0.3, 0.4) is 0 Å². The Morgan fingerprint density at radius 3 is 1.76 bits per heavy atom. The first-order valence-corrected chi connectivity index (χ1v) is 7.53. The third-order valence-corrected chi connectivity index (χ3v) is 3.96. The summed E-state index contributed by atoms with van der Waals surface area (Å²) in [6.07, 6.45) is 0.988. The summed E-state index contributed by atoms with van der Waals surface area (Å²) in [5.74, 6) is -1.24. The van der Waals surface area contributed by atoms with Gasteiger partial charge in [-0.1, -0.05) is 52.3 Å². The number of carboxylic acids is 1. The minimum atomic E-state index is -0.788. The zero-order chi connectivity index (χ0) is 15.2. The Morgan fingerprint density at radius 1 is 0.905 bits per heavy atom. The van der Waals surface area contributed by atoms with Crippen LogP contribution < -0.4 is 0 Å². The Balaban J connectivity index is 2.07. The summed E-state index contributed by atoms with van der Waals surface area (Å²) >= 11 is 3.37. The van der Waals surface area contributed by atoms with Crippen molar-refractivity contribution in [1.29, 1.82) is 0 Å². The zero-order valence-electron chi connectivity index (χ0n) is 11.5. The first-order valence-electron chi connectivity index (χ1n) is 6.74. The molecule has 0 aliphatic carbocycles. The fourth-order valence-corrected chi connectivity index (χ4v) is 2.48. The molecule has 0 saturated heterocycles. The third kappa shape index (κ3) is 4.69. The summed E-state index contributed by atoms with van der Waals surface area (Å²) in [6.45, 7) is 0.00152. The van der Waals surface area contributed by atoms with E-state index in [0.717, 1.165) is 21.2 Å². The van der Waals surface area contributed by atoms with Crippen molar-refractivity contribution in [2.45, 2.75) is 19.4 Å². The highest BCUT2D eigenvalue weighted by Gasteiger charge is 2.18. The summed E-state index contributed by atoms with van der Waals surface area (Å²) in [5, 5.41) is 18.4. The Hall–Kier alpha value is -1.65. The highest BCUT2D eigenvalue weighted by molar-refractivity contribution is 9.10. The molecule has 0 bridgehead atoms. The quantitative estimate of drug-likeness (QED) is 0.840. The molecule has 2 aromatic carbocycles. The lowest BCUT2D eigenvalue weighted by Crippen LogP contribution is -2.19. The van der Waals surface area contributed by atoms with Crippen LogP contribution in [0.25, 0.3) is 0 Å². The molecule has 2 N–H and O–H groups in total. The average molecular weight is 349 g/mol. The van der Waals surface area contributed by atoms with Crippen molar-refractivity contribution in [2.24, 2.45) is 5.92 Å². The molecule has 0 fully saturated rings. The van der Waals surface area contributed by atoms with Gasteiger partial charge in [-0.15, -0.1) is 0 Å². The van der Waals surface area contributed by atoms with E-state index in [2.05, 4.69) is 15.9 Å². The SMILES string of the molecule is O=C(O)C(Cc1ccc(Br)cc1)Cc1ccc(CO)cc1. The highest BCUT2D eigenvalue weighted by atomic mass is 79.9. The van der Waals surface area contributed by atoms with E-state index in [1.54, 1.807) is 0 Å². The molecule has 4 heteroatoms. The molecular weight excluding hydrogens is 332 g/mol. The number of carbonyl (C=O) groups is 1. The number of benzene rings is 2. The molecule has 0 heterocycles. The first kappa shape index (κ1) is 15.7. The van der Waals surface area contributed by atoms with Gasteiger partial charge in [0.1, 0.15) is 0 Å². The van der Waals surface area contributed by atoms with Gasteiger partial charge in [-0.05, 0) is 41.7 Å². The molecule has 0 radical (unpaired) electrons. The smallest absolute Gasteiger partial charge is 0.307 e. The second-order valence-electron chi connectivity index (χ2n) is 5.04. The van der Waals surface area contributed by atoms with Crippen molar-refractivity contribution in [3.05, 3.63) is 69.7 Å². The summed E-state index contributed by atoms with van der Waals surface area (Å²) in [6, 6.07) is 15.1. The Labute approximate surface area is 132 Å². The number of hydrogen-bond acceptors (Lipinski definition) is 2. The summed E-state index contributed by atoms with van der Waals surface area (Å²) in [7, 11) is 0. The van der Waals surface area contributed by atoms with E-state index in [-0.39, 0.29) is 6.61 Å². The van der Waals surface area contributed by atoms with E-state index in [9.17, 15) is 9.90 Å². The van der Waals surface area contributed by atoms with Gasteiger partial charge in [0.2, 0.25) is 0 Å². The summed E-state index contributed by atoms with van der Waals surface area (Å²) in [5.41, 5.74) is 2.81.